The maximum Gasteiger partial charge on any atom is 0.260 e. The number of aldehydes is 1. The molecule has 16 heavy (non-hydrogen) atoms. The minimum atomic E-state index is 0.0819. The molecule has 0 N–H and O–H groups in total. The minimum Gasteiger partial charge on any atom is -0.496 e. The van der Waals surface area contributed by atoms with Crippen molar-refractivity contribution in [2.45, 2.75) is 6.92 Å². The molecule has 0 saturated carbocycles. The highest BCUT2D eigenvalue weighted by Crippen LogP contribution is 2.31. The summed E-state index contributed by atoms with van der Waals surface area (Å²) in [5.74, 6) is 1.39. The Morgan fingerprint density at radius 2 is 2.12 bits per heavy atom. The van der Waals surface area contributed by atoms with Crippen LogP contribution in [-0.4, -0.2) is 18.4 Å². The fraction of sp³-hybridized carbons (Fsp3) is 0.167. The van der Waals surface area contributed by atoms with Crippen molar-refractivity contribution in [3.63, 3.8) is 0 Å². The number of nitrogens with zero attached hydrogens (tertiary/aromatic N) is 1. The molecule has 1 aromatic carbocycles. The molecule has 82 valence electrons. The molecule has 0 atom stereocenters. The van der Waals surface area contributed by atoms with Gasteiger partial charge in [-0.05, 0) is 19.1 Å². The van der Waals surface area contributed by atoms with Crippen LogP contribution in [0, 0.1) is 6.92 Å². The van der Waals surface area contributed by atoms with Gasteiger partial charge in [-0.25, -0.2) is 4.98 Å². The highest BCUT2D eigenvalue weighted by atomic mass is 16.5. The van der Waals surface area contributed by atoms with Gasteiger partial charge in [0.15, 0.2) is 0 Å². The fourth-order valence-electron chi connectivity index (χ4n) is 1.56. The molecule has 0 aliphatic rings. The summed E-state index contributed by atoms with van der Waals surface area (Å²) < 4.78 is 10.4. The molecule has 0 radical (unpaired) electrons. The first kappa shape index (κ1) is 10.4. The summed E-state index contributed by atoms with van der Waals surface area (Å²) in [6, 6.07) is 7.47. The lowest BCUT2D eigenvalue weighted by atomic mass is 10.1. The van der Waals surface area contributed by atoms with E-state index in [1.54, 1.807) is 14.0 Å². The number of carbonyl (C=O) groups excluding carboxylic acids is 1. The van der Waals surface area contributed by atoms with Crippen molar-refractivity contribution in [3.8, 4) is 17.0 Å². The number of ether oxygens (including phenoxy) is 1. The lowest BCUT2D eigenvalue weighted by Gasteiger charge is -2.05. The Labute approximate surface area is 92.9 Å². The van der Waals surface area contributed by atoms with Gasteiger partial charge in [0.1, 0.15) is 17.2 Å². The number of oxazole rings is 1. The van der Waals surface area contributed by atoms with Crippen LogP contribution in [0.5, 0.6) is 5.75 Å². The number of benzene rings is 1. The number of rotatable bonds is 3. The second kappa shape index (κ2) is 4.18. The molecule has 0 saturated heterocycles. The van der Waals surface area contributed by atoms with E-state index in [2.05, 4.69) is 4.98 Å². The molecular weight excluding hydrogens is 206 g/mol. The minimum absolute atomic E-state index is 0.0819. The number of aryl methyl sites for hydroxylation is 1. The number of carbonyl (C=O) groups is 1. The highest BCUT2D eigenvalue weighted by Gasteiger charge is 2.14. The lowest BCUT2D eigenvalue weighted by molar-refractivity contribution is 0.109. The normalized spacial score (nSPS) is 10.1. The second-order valence-electron chi connectivity index (χ2n) is 3.28. The van der Waals surface area contributed by atoms with Crippen molar-refractivity contribution >= 4 is 6.29 Å². The summed E-state index contributed by atoms with van der Waals surface area (Å²) in [4.78, 5) is 14.7. The summed E-state index contributed by atoms with van der Waals surface area (Å²) in [7, 11) is 1.59. The molecule has 1 aromatic heterocycles. The Balaban J connectivity index is 2.57. The SMILES string of the molecule is COc1ccccc1-c1nc(C=O)oc1C. The Morgan fingerprint density at radius 1 is 1.38 bits per heavy atom. The summed E-state index contributed by atoms with van der Waals surface area (Å²) in [5, 5.41) is 0. The molecule has 0 amide bonds. The monoisotopic (exact) mass is 217 g/mol. The fourth-order valence-corrected chi connectivity index (χ4v) is 1.56. The van der Waals surface area contributed by atoms with Crippen LogP contribution in [0.25, 0.3) is 11.3 Å². The third-order valence-corrected chi connectivity index (χ3v) is 2.28. The van der Waals surface area contributed by atoms with Gasteiger partial charge in [0, 0.05) is 5.56 Å². The Bertz CT molecular complexity index is 517. The van der Waals surface area contributed by atoms with E-state index in [0.717, 1.165) is 5.56 Å². The molecule has 0 fully saturated rings. The first-order chi connectivity index (χ1) is 7.76. The van der Waals surface area contributed by atoms with Crippen molar-refractivity contribution in [1.29, 1.82) is 0 Å². The van der Waals surface area contributed by atoms with Crippen LogP contribution in [0.4, 0.5) is 0 Å². The predicted molar refractivity (Wildman–Crippen MR) is 58.6 cm³/mol. The number of aromatic nitrogens is 1. The van der Waals surface area contributed by atoms with Crippen LogP contribution in [0.3, 0.4) is 0 Å². The zero-order valence-electron chi connectivity index (χ0n) is 9.06. The Kier molecular flexibility index (Phi) is 2.72. The van der Waals surface area contributed by atoms with Crippen LogP contribution < -0.4 is 4.74 Å². The number of hydrogen-bond acceptors (Lipinski definition) is 4. The van der Waals surface area contributed by atoms with Crippen LogP contribution in [0.2, 0.25) is 0 Å². The van der Waals surface area contributed by atoms with E-state index < -0.39 is 0 Å². The van der Waals surface area contributed by atoms with E-state index in [1.165, 1.54) is 0 Å². The van der Waals surface area contributed by atoms with Gasteiger partial charge in [-0.1, -0.05) is 12.1 Å². The van der Waals surface area contributed by atoms with Crippen molar-refractivity contribution in [1.82, 2.24) is 4.98 Å². The van der Waals surface area contributed by atoms with Crippen molar-refractivity contribution in [2.24, 2.45) is 0 Å². The average Bonchev–Trinajstić information content (AvgIpc) is 2.70. The summed E-state index contributed by atoms with van der Waals surface area (Å²) in [6.45, 7) is 1.77. The van der Waals surface area contributed by atoms with Crippen LogP contribution in [0.15, 0.2) is 28.7 Å². The van der Waals surface area contributed by atoms with Gasteiger partial charge in [0.05, 0.1) is 7.11 Å². The van der Waals surface area contributed by atoms with Gasteiger partial charge < -0.3 is 9.15 Å². The van der Waals surface area contributed by atoms with Gasteiger partial charge in [-0.3, -0.25) is 4.79 Å². The summed E-state index contributed by atoms with van der Waals surface area (Å²) in [6.07, 6.45) is 0.589. The topological polar surface area (TPSA) is 52.3 Å². The van der Waals surface area contributed by atoms with Crippen molar-refractivity contribution in [3.05, 3.63) is 35.9 Å². The number of para-hydroxylation sites is 1. The third kappa shape index (κ3) is 1.69. The number of methoxy groups -OCH3 is 1. The lowest BCUT2D eigenvalue weighted by Crippen LogP contribution is -1.89. The average molecular weight is 217 g/mol. The molecule has 2 rings (SSSR count). The Morgan fingerprint density at radius 3 is 2.75 bits per heavy atom. The van der Waals surface area contributed by atoms with Crippen molar-refractivity contribution in [2.75, 3.05) is 7.11 Å². The molecule has 0 spiro atoms. The van der Waals surface area contributed by atoms with Crippen LogP contribution in [-0.2, 0) is 0 Å². The maximum atomic E-state index is 10.6. The zero-order chi connectivity index (χ0) is 11.5. The molecular formula is C12H11NO3. The van der Waals surface area contributed by atoms with Gasteiger partial charge in [0.25, 0.3) is 5.89 Å². The second-order valence-corrected chi connectivity index (χ2v) is 3.28. The molecule has 0 aliphatic heterocycles. The zero-order valence-corrected chi connectivity index (χ0v) is 9.06. The van der Waals surface area contributed by atoms with Gasteiger partial charge in [0.2, 0.25) is 6.29 Å². The molecule has 4 nitrogen and oxygen atoms in total. The first-order valence-electron chi connectivity index (χ1n) is 4.82. The van der Waals surface area contributed by atoms with E-state index in [0.29, 0.717) is 23.5 Å². The molecule has 1 heterocycles. The third-order valence-electron chi connectivity index (χ3n) is 2.28. The number of hydrogen-bond donors (Lipinski definition) is 0. The standard InChI is InChI=1S/C12H11NO3/c1-8-12(13-11(7-14)16-8)9-5-3-4-6-10(9)15-2/h3-7H,1-2H3. The van der Waals surface area contributed by atoms with Crippen LogP contribution in [0.1, 0.15) is 16.4 Å². The largest absolute Gasteiger partial charge is 0.496 e. The smallest absolute Gasteiger partial charge is 0.260 e. The Hall–Kier alpha value is -2.10. The maximum absolute atomic E-state index is 10.6. The van der Waals surface area contributed by atoms with Crippen molar-refractivity contribution < 1.29 is 13.9 Å². The van der Waals surface area contributed by atoms with E-state index in [9.17, 15) is 4.79 Å². The van der Waals surface area contributed by atoms with E-state index in [4.69, 9.17) is 9.15 Å². The predicted octanol–water partition coefficient (Wildman–Crippen LogP) is 2.47. The molecule has 4 heteroatoms. The summed E-state index contributed by atoms with van der Waals surface area (Å²) in [5.41, 5.74) is 1.46. The van der Waals surface area contributed by atoms with Gasteiger partial charge >= 0.3 is 0 Å². The van der Waals surface area contributed by atoms with Gasteiger partial charge in [-0.2, -0.15) is 0 Å². The molecule has 0 unspecified atom stereocenters. The highest BCUT2D eigenvalue weighted by molar-refractivity contribution is 5.73. The van der Waals surface area contributed by atoms with Crippen LogP contribution >= 0.6 is 0 Å². The molecule has 2 aromatic rings. The quantitative estimate of drug-likeness (QED) is 0.741. The van der Waals surface area contributed by atoms with E-state index in [-0.39, 0.29) is 5.89 Å². The van der Waals surface area contributed by atoms with E-state index >= 15 is 0 Å². The molecule has 0 bridgehead atoms. The first-order valence-corrected chi connectivity index (χ1v) is 4.82. The van der Waals surface area contributed by atoms with E-state index in [1.807, 2.05) is 24.3 Å². The summed E-state index contributed by atoms with van der Waals surface area (Å²) >= 11 is 0. The van der Waals surface area contributed by atoms with Gasteiger partial charge in [-0.15, -0.1) is 0 Å². The molecule has 0 aliphatic carbocycles.